The third-order valence-corrected chi connectivity index (χ3v) is 16.1. The Morgan fingerprint density at radius 2 is 0.412 bits per heavy atom. The molecule has 0 rings (SSSR count). The van der Waals surface area contributed by atoms with E-state index in [1.165, 1.54) is 17.6 Å². The van der Waals surface area contributed by atoms with Crippen LogP contribution in [0.1, 0.15) is 125 Å². The SMILES string of the molecule is CC(C)P(C(C)C)C(C)C.CC(C)P(C(C)C)C(C)C.CC(C)P(C(C)C)C(C)C.[C-]#[O+].[Cl][OsH]. The summed E-state index contributed by atoms with van der Waals surface area (Å²) in [5.74, 6) is 0. The van der Waals surface area contributed by atoms with Crippen LogP contribution in [0.3, 0.4) is 0 Å². The van der Waals surface area contributed by atoms with Gasteiger partial charge in [-0.25, -0.2) is 0 Å². The van der Waals surface area contributed by atoms with Crippen LogP contribution in [0, 0.1) is 6.65 Å². The average Bonchev–Trinajstić information content (AvgIpc) is 2.62. The van der Waals surface area contributed by atoms with Crippen molar-refractivity contribution in [3.05, 3.63) is 6.65 Å². The summed E-state index contributed by atoms with van der Waals surface area (Å²) >= 11 is 1.19. The Kier molecular flexibility index (Phi) is 37.7. The standard InChI is InChI=1S/3C9H21P.CO.ClH.Os.H/c3*1-7(2)10(8(3)4)9(5)6;1-2;;;/h3*7-9H,1-6H3;;1H;;/q;;;;;+1;/p-1. The van der Waals surface area contributed by atoms with E-state index in [0.717, 1.165) is 50.9 Å². The van der Waals surface area contributed by atoms with Crippen molar-refractivity contribution in [2.75, 3.05) is 0 Å². The Labute approximate surface area is 236 Å². The maximum atomic E-state index is 7.50. The van der Waals surface area contributed by atoms with Crippen LogP contribution in [-0.4, -0.2) is 50.9 Å². The van der Waals surface area contributed by atoms with Gasteiger partial charge in [-0.1, -0.05) is 148 Å². The van der Waals surface area contributed by atoms with Gasteiger partial charge in [0.05, 0.1) is 0 Å². The van der Waals surface area contributed by atoms with Gasteiger partial charge >= 0.3 is 38.5 Å². The predicted octanol–water partition coefficient (Wildman–Crippen LogP) is 11.5. The first-order valence-electron chi connectivity index (χ1n) is 13.1. The fraction of sp³-hybridized carbons (Fsp3) is 0.964. The second-order valence-corrected chi connectivity index (χ2v) is 23.2. The molecule has 0 unspecified atom stereocenters. The minimum atomic E-state index is 0.262. The van der Waals surface area contributed by atoms with Gasteiger partial charge in [0.1, 0.15) is 0 Å². The molecule has 0 saturated carbocycles. The molecule has 34 heavy (non-hydrogen) atoms. The van der Waals surface area contributed by atoms with Crippen LogP contribution in [-0.2, 0) is 22.3 Å². The van der Waals surface area contributed by atoms with Gasteiger partial charge in [0, 0.05) is 0 Å². The van der Waals surface area contributed by atoms with Gasteiger partial charge in [0.2, 0.25) is 0 Å². The van der Waals surface area contributed by atoms with E-state index in [9.17, 15) is 0 Å². The molecule has 1 nitrogen and oxygen atoms in total. The van der Waals surface area contributed by atoms with E-state index < -0.39 is 0 Å². The molecule has 0 heterocycles. The van der Waals surface area contributed by atoms with Gasteiger partial charge in [0.15, 0.2) is 0 Å². The summed E-state index contributed by atoms with van der Waals surface area (Å²) in [6.07, 6.45) is 0. The number of hydrogen-bond acceptors (Lipinski definition) is 0. The zero-order chi connectivity index (χ0) is 28.9. The molecule has 0 radical (unpaired) electrons. The molecular formula is C28H64ClOOsP3. The van der Waals surface area contributed by atoms with E-state index in [1.54, 1.807) is 0 Å². The molecule has 0 aliphatic heterocycles. The Hall–Kier alpha value is 1.96. The normalized spacial score (nSPS) is 11.4. The first-order chi connectivity index (χ1) is 15.4. The Morgan fingerprint density at radius 3 is 0.412 bits per heavy atom. The maximum absolute atomic E-state index is 7.50. The van der Waals surface area contributed by atoms with E-state index in [4.69, 9.17) is 14.3 Å². The van der Waals surface area contributed by atoms with Crippen molar-refractivity contribution in [3.8, 4) is 0 Å². The molecule has 0 aromatic rings. The molecule has 0 aliphatic rings. The van der Waals surface area contributed by atoms with Crippen molar-refractivity contribution < 1.29 is 22.3 Å². The molecule has 212 valence electrons. The molecule has 0 amide bonds. The summed E-state index contributed by atoms with van der Waals surface area (Å²) in [5.41, 5.74) is 8.08. The summed E-state index contributed by atoms with van der Waals surface area (Å²) in [4.78, 5) is 0. The fourth-order valence-electron chi connectivity index (χ4n) is 5.37. The number of halogens is 1. The zero-order valence-corrected chi connectivity index (χ0v) is 32.4. The van der Waals surface area contributed by atoms with E-state index in [0.29, 0.717) is 0 Å². The van der Waals surface area contributed by atoms with Crippen molar-refractivity contribution in [3.63, 3.8) is 0 Å². The fourth-order valence-corrected chi connectivity index (χ4v) is 16.1. The molecule has 0 atom stereocenters. The second kappa shape index (κ2) is 28.0. The van der Waals surface area contributed by atoms with E-state index >= 15 is 0 Å². The molecule has 0 saturated heterocycles. The van der Waals surface area contributed by atoms with Crippen LogP contribution in [0.25, 0.3) is 0 Å². The van der Waals surface area contributed by atoms with E-state index in [-0.39, 0.29) is 23.8 Å². The molecule has 6 heteroatoms. The van der Waals surface area contributed by atoms with Crippen LogP contribution < -0.4 is 0 Å². The Morgan fingerprint density at radius 1 is 0.353 bits per heavy atom. The molecule has 0 aromatic heterocycles. The number of hydrogen-bond donors (Lipinski definition) is 0. The van der Waals surface area contributed by atoms with Crippen LogP contribution in [0.4, 0.5) is 0 Å². The summed E-state index contributed by atoms with van der Waals surface area (Å²) < 4.78 is 7.50. The molecule has 0 fully saturated rings. The van der Waals surface area contributed by atoms with Gasteiger partial charge in [-0.2, -0.15) is 0 Å². The molecule has 0 bridgehead atoms. The molecule has 0 N–H and O–H groups in total. The Balaban J connectivity index is -0.000000115. The first-order valence-corrected chi connectivity index (χ1v) is 21.1. The minimum absolute atomic E-state index is 0.262. The Bertz CT molecular complexity index is 309. The van der Waals surface area contributed by atoms with Crippen molar-refractivity contribution in [2.24, 2.45) is 0 Å². The average molecular weight is 735 g/mol. The van der Waals surface area contributed by atoms with Crippen LogP contribution in [0.15, 0.2) is 0 Å². The topological polar surface area (TPSA) is 19.9 Å². The van der Waals surface area contributed by atoms with E-state index in [2.05, 4.69) is 131 Å². The first kappa shape index (κ1) is 45.8. The summed E-state index contributed by atoms with van der Waals surface area (Å²) in [6.45, 7) is 46.9. The van der Waals surface area contributed by atoms with E-state index in [1.807, 2.05) is 0 Å². The van der Waals surface area contributed by atoms with Crippen LogP contribution >= 0.6 is 33.4 Å². The second-order valence-electron chi connectivity index (χ2n) is 11.2. The monoisotopic (exact) mass is 736 g/mol. The third-order valence-electron chi connectivity index (χ3n) is 5.37. The van der Waals surface area contributed by atoms with Crippen LogP contribution in [0.2, 0.25) is 0 Å². The summed E-state index contributed by atoms with van der Waals surface area (Å²) in [7, 11) is 5.48. The van der Waals surface area contributed by atoms with Crippen molar-refractivity contribution in [1.29, 1.82) is 0 Å². The van der Waals surface area contributed by atoms with Crippen LogP contribution in [0.5, 0.6) is 0 Å². The van der Waals surface area contributed by atoms with Crippen molar-refractivity contribution in [2.45, 2.75) is 176 Å². The van der Waals surface area contributed by atoms with Crippen molar-refractivity contribution >= 4 is 33.4 Å². The molecule has 0 aliphatic carbocycles. The summed E-state index contributed by atoms with van der Waals surface area (Å²) in [6, 6.07) is 0. The van der Waals surface area contributed by atoms with Crippen molar-refractivity contribution in [1.82, 2.24) is 0 Å². The van der Waals surface area contributed by atoms with Gasteiger partial charge in [0.25, 0.3) is 0 Å². The number of rotatable bonds is 9. The van der Waals surface area contributed by atoms with Gasteiger partial charge in [-0.3, -0.25) is 0 Å². The molecule has 0 aromatic carbocycles. The zero-order valence-electron chi connectivity index (χ0n) is 26.2. The summed E-state index contributed by atoms with van der Waals surface area (Å²) in [5, 5.41) is 0. The third kappa shape index (κ3) is 25.6. The van der Waals surface area contributed by atoms with Gasteiger partial charge in [-0.15, -0.1) is 0 Å². The quantitative estimate of drug-likeness (QED) is 0.128. The predicted molar refractivity (Wildman–Crippen MR) is 168 cm³/mol. The van der Waals surface area contributed by atoms with Gasteiger partial charge in [-0.05, 0) is 50.9 Å². The molecule has 0 spiro atoms. The molecular weight excluding hydrogens is 671 g/mol. The van der Waals surface area contributed by atoms with Gasteiger partial charge < -0.3 is 0 Å².